The molecular formula is C15H18N4O. The van der Waals surface area contributed by atoms with Crippen molar-refractivity contribution in [2.24, 2.45) is 0 Å². The average molecular weight is 270 g/mol. The van der Waals surface area contributed by atoms with Gasteiger partial charge in [-0.3, -0.25) is 9.89 Å². The number of anilines is 1. The third-order valence-electron chi connectivity index (χ3n) is 3.74. The first-order valence-electron chi connectivity index (χ1n) is 6.94. The van der Waals surface area contributed by atoms with Crippen LogP contribution in [0.5, 0.6) is 0 Å². The molecule has 1 saturated heterocycles. The van der Waals surface area contributed by atoms with E-state index in [2.05, 4.69) is 33.0 Å². The Bertz CT molecular complexity index is 556. The van der Waals surface area contributed by atoms with Gasteiger partial charge in [0.05, 0.1) is 11.8 Å². The van der Waals surface area contributed by atoms with Crippen LogP contribution >= 0.6 is 0 Å². The van der Waals surface area contributed by atoms with Crippen LogP contribution in [0.3, 0.4) is 0 Å². The molecule has 0 saturated carbocycles. The molecule has 3 N–H and O–H groups in total. The first kappa shape index (κ1) is 12.9. The quantitative estimate of drug-likeness (QED) is 0.800. The monoisotopic (exact) mass is 270 g/mol. The van der Waals surface area contributed by atoms with Gasteiger partial charge in [0.1, 0.15) is 0 Å². The summed E-state index contributed by atoms with van der Waals surface area (Å²) in [6.45, 7) is 2.17. The van der Waals surface area contributed by atoms with E-state index in [9.17, 15) is 4.79 Å². The molecule has 0 aliphatic carbocycles. The van der Waals surface area contributed by atoms with Crippen molar-refractivity contribution in [3.8, 4) is 0 Å². The zero-order valence-corrected chi connectivity index (χ0v) is 11.2. The number of hydrogen-bond acceptors (Lipinski definition) is 3. The molecule has 1 aromatic heterocycles. The molecule has 5 heteroatoms. The van der Waals surface area contributed by atoms with Crippen LogP contribution in [0.4, 0.5) is 5.69 Å². The summed E-state index contributed by atoms with van der Waals surface area (Å²) in [5.41, 5.74) is 2.70. The Hall–Kier alpha value is -2.14. The highest BCUT2D eigenvalue weighted by Gasteiger charge is 2.15. The summed E-state index contributed by atoms with van der Waals surface area (Å²) in [6, 6.07) is 8.16. The topological polar surface area (TPSA) is 69.8 Å². The van der Waals surface area contributed by atoms with Crippen molar-refractivity contribution in [2.45, 2.75) is 18.8 Å². The second-order valence-electron chi connectivity index (χ2n) is 5.09. The molecule has 5 nitrogen and oxygen atoms in total. The van der Waals surface area contributed by atoms with Crippen LogP contribution in [0.2, 0.25) is 0 Å². The maximum Gasteiger partial charge on any atom is 0.258 e. The predicted octanol–water partition coefficient (Wildman–Crippen LogP) is 2.13. The Labute approximate surface area is 117 Å². The first-order valence-corrected chi connectivity index (χ1v) is 6.94. The summed E-state index contributed by atoms with van der Waals surface area (Å²) in [7, 11) is 0. The number of amides is 1. The van der Waals surface area contributed by atoms with Crippen LogP contribution in [0.15, 0.2) is 36.7 Å². The molecule has 0 atom stereocenters. The number of aromatic nitrogens is 2. The van der Waals surface area contributed by atoms with E-state index in [1.54, 1.807) is 6.20 Å². The van der Waals surface area contributed by atoms with Crippen LogP contribution in [-0.4, -0.2) is 29.2 Å². The SMILES string of the molecule is O=C(Nc1ccc(C2CCNCC2)cc1)c1cn[nH]c1. The van der Waals surface area contributed by atoms with Crippen molar-refractivity contribution in [3.63, 3.8) is 0 Å². The van der Waals surface area contributed by atoms with E-state index >= 15 is 0 Å². The van der Waals surface area contributed by atoms with Gasteiger partial charge in [-0.1, -0.05) is 12.1 Å². The molecule has 0 spiro atoms. The number of carbonyl (C=O) groups excluding carboxylic acids is 1. The van der Waals surface area contributed by atoms with Crippen LogP contribution in [0.1, 0.15) is 34.7 Å². The summed E-state index contributed by atoms with van der Waals surface area (Å²) in [5, 5.41) is 12.6. The number of rotatable bonds is 3. The lowest BCUT2D eigenvalue weighted by molar-refractivity contribution is 0.102. The van der Waals surface area contributed by atoms with Gasteiger partial charge in [-0.05, 0) is 49.5 Å². The third kappa shape index (κ3) is 2.88. The minimum Gasteiger partial charge on any atom is -0.322 e. The lowest BCUT2D eigenvalue weighted by atomic mass is 9.90. The first-order chi connectivity index (χ1) is 9.83. The molecule has 1 aliphatic rings. The highest BCUT2D eigenvalue weighted by Crippen LogP contribution is 2.26. The van der Waals surface area contributed by atoms with Gasteiger partial charge in [-0.15, -0.1) is 0 Å². The fourth-order valence-electron chi connectivity index (χ4n) is 2.57. The second kappa shape index (κ2) is 5.88. The lowest BCUT2D eigenvalue weighted by Gasteiger charge is -2.23. The van der Waals surface area contributed by atoms with E-state index in [-0.39, 0.29) is 5.91 Å². The second-order valence-corrected chi connectivity index (χ2v) is 5.09. The Morgan fingerprint density at radius 1 is 1.20 bits per heavy atom. The van der Waals surface area contributed by atoms with Crippen LogP contribution in [0, 0.1) is 0 Å². The van der Waals surface area contributed by atoms with Crippen LogP contribution in [0.25, 0.3) is 0 Å². The molecule has 20 heavy (non-hydrogen) atoms. The number of H-pyrrole nitrogens is 1. The van der Waals surface area contributed by atoms with E-state index in [1.165, 1.54) is 24.6 Å². The number of aromatic amines is 1. The normalized spacial score (nSPS) is 16.0. The van der Waals surface area contributed by atoms with Gasteiger partial charge in [0.25, 0.3) is 5.91 Å². The van der Waals surface area contributed by atoms with Gasteiger partial charge in [0.2, 0.25) is 0 Å². The molecule has 2 heterocycles. The average Bonchev–Trinajstić information content (AvgIpc) is 3.03. The molecule has 2 aromatic rings. The van der Waals surface area contributed by atoms with Crippen molar-refractivity contribution in [2.75, 3.05) is 18.4 Å². The van der Waals surface area contributed by atoms with Crippen molar-refractivity contribution >= 4 is 11.6 Å². The fourth-order valence-corrected chi connectivity index (χ4v) is 2.57. The Morgan fingerprint density at radius 2 is 1.95 bits per heavy atom. The highest BCUT2D eigenvalue weighted by atomic mass is 16.1. The standard InChI is InChI=1S/C15H18N4O/c20-15(13-9-17-18-10-13)19-14-3-1-11(2-4-14)12-5-7-16-8-6-12/h1-4,9-10,12,16H,5-8H2,(H,17,18)(H,19,20). The molecule has 0 unspecified atom stereocenters. The number of carbonyl (C=O) groups is 1. The van der Waals surface area contributed by atoms with Crippen molar-refractivity contribution in [1.82, 2.24) is 15.5 Å². The van der Waals surface area contributed by atoms with Crippen LogP contribution in [-0.2, 0) is 0 Å². The van der Waals surface area contributed by atoms with E-state index in [0.29, 0.717) is 11.5 Å². The smallest absolute Gasteiger partial charge is 0.258 e. The van der Waals surface area contributed by atoms with Crippen molar-refractivity contribution in [1.29, 1.82) is 0 Å². The molecule has 3 rings (SSSR count). The maximum absolute atomic E-state index is 11.9. The zero-order valence-electron chi connectivity index (χ0n) is 11.2. The minimum absolute atomic E-state index is 0.145. The number of benzene rings is 1. The summed E-state index contributed by atoms with van der Waals surface area (Å²) in [5.74, 6) is 0.489. The lowest BCUT2D eigenvalue weighted by Crippen LogP contribution is -2.26. The molecule has 0 radical (unpaired) electrons. The predicted molar refractivity (Wildman–Crippen MR) is 77.8 cm³/mol. The van der Waals surface area contributed by atoms with Crippen molar-refractivity contribution in [3.05, 3.63) is 47.8 Å². The Balaban J connectivity index is 1.65. The molecule has 1 aliphatic heterocycles. The number of nitrogens with one attached hydrogen (secondary N) is 3. The molecule has 104 valence electrons. The van der Waals surface area contributed by atoms with Gasteiger partial charge in [0, 0.05) is 11.9 Å². The fraction of sp³-hybridized carbons (Fsp3) is 0.333. The van der Waals surface area contributed by atoms with E-state index in [4.69, 9.17) is 0 Å². The molecular weight excluding hydrogens is 252 g/mol. The van der Waals surface area contributed by atoms with Gasteiger partial charge in [-0.2, -0.15) is 5.10 Å². The molecule has 1 aromatic carbocycles. The summed E-state index contributed by atoms with van der Waals surface area (Å²) in [6.07, 6.45) is 5.46. The van der Waals surface area contributed by atoms with Gasteiger partial charge in [0.15, 0.2) is 0 Å². The number of nitrogens with zero attached hydrogens (tertiary/aromatic N) is 1. The van der Waals surface area contributed by atoms with E-state index in [0.717, 1.165) is 18.8 Å². The van der Waals surface area contributed by atoms with Crippen molar-refractivity contribution < 1.29 is 4.79 Å². The Kier molecular flexibility index (Phi) is 3.78. The molecule has 1 amide bonds. The molecule has 1 fully saturated rings. The Morgan fingerprint density at radius 3 is 2.60 bits per heavy atom. The largest absolute Gasteiger partial charge is 0.322 e. The number of hydrogen-bond donors (Lipinski definition) is 3. The maximum atomic E-state index is 11.9. The third-order valence-corrected chi connectivity index (χ3v) is 3.74. The van der Waals surface area contributed by atoms with Gasteiger partial charge in [-0.25, -0.2) is 0 Å². The van der Waals surface area contributed by atoms with Crippen LogP contribution < -0.4 is 10.6 Å². The zero-order chi connectivity index (χ0) is 13.8. The van der Waals surface area contributed by atoms with E-state index in [1.807, 2.05) is 12.1 Å². The number of piperidine rings is 1. The summed E-state index contributed by atoms with van der Waals surface area (Å²) < 4.78 is 0. The highest BCUT2D eigenvalue weighted by molar-refractivity contribution is 6.03. The van der Waals surface area contributed by atoms with Gasteiger partial charge < -0.3 is 10.6 Å². The molecule has 0 bridgehead atoms. The summed E-state index contributed by atoms with van der Waals surface area (Å²) >= 11 is 0. The van der Waals surface area contributed by atoms with Gasteiger partial charge >= 0.3 is 0 Å². The summed E-state index contributed by atoms with van der Waals surface area (Å²) in [4.78, 5) is 11.9. The van der Waals surface area contributed by atoms with E-state index < -0.39 is 0 Å². The minimum atomic E-state index is -0.145.